The second-order valence-corrected chi connectivity index (χ2v) is 4.49. The number of anilines is 1. The average molecular weight is 288 g/mol. The van der Waals surface area contributed by atoms with E-state index >= 15 is 0 Å². The van der Waals surface area contributed by atoms with Crippen molar-refractivity contribution < 1.29 is 14.7 Å². The number of rotatable bonds is 5. The first-order valence-corrected chi connectivity index (χ1v) is 6.37. The van der Waals surface area contributed by atoms with Crippen LogP contribution >= 0.6 is 0 Å². The van der Waals surface area contributed by atoms with Gasteiger partial charge in [-0.25, -0.2) is 9.78 Å². The summed E-state index contributed by atoms with van der Waals surface area (Å²) in [6.45, 7) is 0.288. The number of carbonyl (C=O) groups excluding carboxylic acids is 1. The molecule has 0 aliphatic rings. The maximum absolute atomic E-state index is 11.9. The van der Waals surface area contributed by atoms with Gasteiger partial charge in [-0.1, -0.05) is 18.2 Å². The molecule has 110 valence electrons. The van der Waals surface area contributed by atoms with E-state index in [1.807, 2.05) is 7.05 Å². The number of nitrogens with one attached hydrogen (secondary N) is 2. The molecule has 2 amide bonds. The number of imidazole rings is 1. The number of carboxylic acid groups (broad SMARTS) is 1. The fourth-order valence-corrected chi connectivity index (χ4v) is 1.85. The first-order chi connectivity index (χ1) is 10.1. The zero-order valence-electron chi connectivity index (χ0n) is 11.5. The summed E-state index contributed by atoms with van der Waals surface area (Å²) in [7, 11) is 1.84. The van der Waals surface area contributed by atoms with Crippen LogP contribution < -0.4 is 10.6 Å². The van der Waals surface area contributed by atoms with E-state index in [0.29, 0.717) is 11.3 Å². The summed E-state index contributed by atoms with van der Waals surface area (Å²) in [6.07, 6.45) is 3.30. The number of carbonyl (C=O) groups is 2. The number of hydrogen-bond donors (Lipinski definition) is 3. The van der Waals surface area contributed by atoms with Crippen molar-refractivity contribution in [1.29, 1.82) is 0 Å². The molecule has 3 N–H and O–H groups in total. The van der Waals surface area contributed by atoms with Crippen molar-refractivity contribution in [3.05, 3.63) is 48.0 Å². The Balaban J connectivity index is 1.96. The molecule has 0 saturated heterocycles. The lowest BCUT2D eigenvalue weighted by atomic mass is 10.1. The highest BCUT2D eigenvalue weighted by Crippen LogP contribution is 2.15. The van der Waals surface area contributed by atoms with E-state index in [-0.39, 0.29) is 13.0 Å². The summed E-state index contributed by atoms with van der Waals surface area (Å²) in [5.74, 6) is -0.221. The SMILES string of the molecule is Cn1ccnc1CNC(=O)Nc1ccccc1CC(=O)O. The summed E-state index contributed by atoms with van der Waals surface area (Å²) in [6, 6.07) is 6.40. The van der Waals surface area contributed by atoms with E-state index < -0.39 is 12.0 Å². The standard InChI is InChI=1S/C14H16N4O3/c1-18-7-6-15-12(18)9-16-14(21)17-11-5-3-2-4-10(11)8-13(19)20/h2-7H,8-9H2,1H3,(H,19,20)(H2,16,17,21). The van der Waals surface area contributed by atoms with Gasteiger partial charge in [0.1, 0.15) is 5.82 Å². The van der Waals surface area contributed by atoms with Crippen LogP contribution in [0.4, 0.5) is 10.5 Å². The normalized spacial score (nSPS) is 10.1. The van der Waals surface area contributed by atoms with Gasteiger partial charge in [0, 0.05) is 25.1 Å². The van der Waals surface area contributed by atoms with Crippen molar-refractivity contribution in [3.8, 4) is 0 Å². The van der Waals surface area contributed by atoms with Gasteiger partial charge >= 0.3 is 12.0 Å². The molecule has 0 bridgehead atoms. The molecule has 7 heteroatoms. The van der Waals surface area contributed by atoms with Crippen molar-refractivity contribution >= 4 is 17.7 Å². The van der Waals surface area contributed by atoms with E-state index in [1.165, 1.54) is 0 Å². The minimum Gasteiger partial charge on any atom is -0.481 e. The zero-order chi connectivity index (χ0) is 15.2. The minimum absolute atomic E-state index is 0.143. The third-order valence-electron chi connectivity index (χ3n) is 2.94. The largest absolute Gasteiger partial charge is 0.481 e. The van der Waals surface area contributed by atoms with Gasteiger partial charge in [0.25, 0.3) is 0 Å². The number of aromatic nitrogens is 2. The highest BCUT2D eigenvalue weighted by Gasteiger charge is 2.09. The second-order valence-electron chi connectivity index (χ2n) is 4.49. The average Bonchev–Trinajstić information content (AvgIpc) is 2.84. The molecule has 21 heavy (non-hydrogen) atoms. The smallest absolute Gasteiger partial charge is 0.319 e. The topological polar surface area (TPSA) is 96.3 Å². The molecule has 1 aromatic heterocycles. The van der Waals surface area contributed by atoms with Crippen LogP contribution in [0, 0.1) is 0 Å². The van der Waals surface area contributed by atoms with Crippen LogP contribution in [0.15, 0.2) is 36.7 Å². The van der Waals surface area contributed by atoms with Gasteiger partial charge in [-0.3, -0.25) is 4.79 Å². The zero-order valence-corrected chi connectivity index (χ0v) is 11.5. The monoisotopic (exact) mass is 288 g/mol. The number of nitrogens with zero attached hydrogens (tertiary/aromatic N) is 2. The van der Waals surface area contributed by atoms with Crippen molar-refractivity contribution in [3.63, 3.8) is 0 Å². The first kappa shape index (κ1) is 14.6. The number of aryl methyl sites for hydroxylation is 1. The predicted octanol–water partition coefficient (Wildman–Crippen LogP) is 1.37. The third kappa shape index (κ3) is 4.07. The molecule has 0 atom stereocenters. The van der Waals surface area contributed by atoms with Gasteiger partial charge in [-0.2, -0.15) is 0 Å². The molecule has 0 radical (unpaired) electrons. The molecule has 0 spiro atoms. The summed E-state index contributed by atoms with van der Waals surface area (Å²) < 4.78 is 1.80. The Morgan fingerprint density at radius 1 is 1.33 bits per heavy atom. The molecule has 0 fully saturated rings. The Morgan fingerprint density at radius 2 is 2.10 bits per heavy atom. The molecule has 2 rings (SSSR count). The van der Waals surface area contributed by atoms with E-state index in [2.05, 4.69) is 15.6 Å². The van der Waals surface area contributed by atoms with Crippen LogP contribution in [0.3, 0.4) is 0 Å². The lowest BCUT2D eigenvalue weighted by Gasteiger charge is -2.10. The van der Waals surface area contributed by atoms with Crippen molar-refractivity contribution in [2.24, 2.45) is 7.05 Å². The van der Waals surface area contributed by atoms with Gasteiger partial charge in [0.2, 0.25) is 0 Å². The fourth-order valence-electron chi connectivity index (χ4n) is 1.85. The van der Waals surface area contributed by atoms with Crippen LogP contribution in [0.2, 0.25) is 0 Å². The number of hydrogen-bond acceptors (Lipinski definition) is 3. The molecule has 0 aliphatic heterocycles. The Morgan fingerprint density at radius 3 is 2.76 bits per heavy atom. The van der Waals surface area contributed by atoms with Gasteiger partial charge in [-0.05, 0) is 11.6 Å². The Kier molecular flexibility index (Phi) is 4.55. The van der Waals surface area contributed by atoms with Crippen LogP contribution in [0.5, 0.6) is 0 Å². The highest BCUT2D eigenvalue weighted by molar-refractivity contribution is 5.90. The number of amides is 2. The van der Waals surface area contributed by atoms with Crippen LogP contribution in [-0.4, -0.2) is 26.7 Å². The molecular weight excluding hydrogens is 272 g/mol. The molecule has 7 nitrogen and oxygen atoms in total. The van der Waals surface area contributed by atoms with E-state index in [1.54, 1.807) is 41.2 Å². The third-order valence-corrected chi connectivity index (χ3v) is 2.94. The molecule has 1 aromatic carbocycles. The Bertz CT molecular complexity index is 651. The lowest BCUT2D eigenvalue weighted by molar-refractivity contribution is -0.136. The molecular formula is C14H16N4O3. The van der Waals surface area contributed by atoms with Crippen molar-refractivity contribution in [1.82, 2.24) is 14.9 Å². The number of para-hydroxylation sites is 1. The fraction of sp³-hybridized carbons (Fsp3) is 0.214. The van der Waals surface area contributed by atoms with Gasteiger partial charge in [0.15, 0.2) is 0 Å². The molecule has 0 aliphatic carbocycles. The van der Waals surface area contributed by atoms with Gasteiger partial charge < -0.3 is 20.3 Å². The summed E-state index contributed by atoms with van der Waals surface area (Å²) >= 11 is 0. The van der Waals surface area contributed by atoms with E-state index in [9.17, 15) is 9.59 Å². The lowest BCUT2D eigenvalue weighted by Crippen LogP contribution is -2.29. The van der Waals surface area contributed by atoms with Crippen LogP contribution in [0.1, 0.15) is 11.4 Å². The summed E-state index contributed by atoms with van der Waals surface area (Å²) in [5, 5.41) is 14.2. The number of benzene rings is 1. The predicted molar refractivity (Wildman–Crippen MR) is 76.8 cm³/mol. The quantitative estimate of drug-likeness (QED) is 0.774. The highest BCUT2D eigenvalue weighted by atomic mass is 16.4. The van der Waals surface area contributed by atoms with Crippen molar-refractivity contribution in [2.75, 3.05) is 5.32 Å². The molecule has 2 aromatic rings. The van der Waals surface area contributed by atoms with Crippen LogP contribution in [-0.2, 0) is 24.8 Å². The first-order valence-electron chi connectivity index (χ1n) is 6.37. The number of carboxylic acids is 1. The van der Waals surface area contributed by atoms with Gasteiger partial charge in [0.05, 0.1) is 13.0 Å². The second kappa shape index (κ2) is 6.56. The molecule has 0 saturated carbocycles. The van der Waals surface area contributed by atoms with Crippen LogP contribution in [0.25, 0.3) is 0 Å². The van der Waals surface area contributed by atoms with E-state index in [4.69, 9.17) is 5.11 Å². The summed E-state index contributed by atoms with van der Waals surface area (Å²) in [4.78, 5) is 26.7. The Labute approximate surface area is 121 Å². The van der Waals surface area contributed by atoms with E-state index in [0.717, 1.165) is 5.82 Å². The Hall–Kier alpha value is -2.83. The molecule has 0 unspecified atom stereocenters. The number of urea groups is 1. The number of aliphatic carboxylic acids is 1. The van der Waals surface area contributed by atoms with Gasteiger partial charge in [-0.15, -0.1) is 0 Å². The maximum Gasteiger partial charge on any atom is 0.319 e. The maximum atomic E-state index is 11.9. The summed E-state index contributed by atoms with van der Waals surface area (Å²) in [5.41, 5.74) is 1.04. The molecule has 1 heterocycles. The van der Waals surface area contributed by atoms with Crippen molar-refractivity contribution in [2.45, 2.75) is 13.0 Å². The minimum atomic E-state index is -0.947.